The largest absolute Gasteiger partial charge is 0.276 e. The summed E-state index contributed by atoms with van der Waals surface area (Å²) in [5, 5.41) is 1.14. The second kappa shape index (κ2) is 6.63. The van der Waals surface area contributed by atoms with Crippen molar-refractivity contribution in [2.75, 3.05) is 0 Å². The third-order valence-electron chi connectivity index (χ3n) is 3.50. The molecular formula is C16H18Cl2N2O. The first-order valence-electron chi connectivity index (χ1n) is 6.82. The van der Waals surface area contributed by atoms with Gasteiger partial charge in [-0.1, -0.05) is 43.1 Å². The molecule has 1 aromatic carbocycles. The molecule has 1 heterocycles. The van der Waals surface area contributed by atoms with Crippen molar-refractivity contribution < 1.29 is 4.79 Å². The van der Waals surface area contributed by atoms with Crippen LogP contribution in [0.5, 0.6) is 0 Å². The third kappa shape index (κ3) is 4.58. The zero-order valence-electron chi connectivity index (χ0n) is 12.1. The molecule has 0 saturated heterocycles. The van der Waals surface area contributed by atoms with Gasteiger partial charge in [0.1, 0.15) is 6.33 Å². The van der Waals surface area contributed by atoms with Gasteiger partial charge in [0.25, 0.3) is 0 Å². The lowest BCUT2D eigenvalue weighted by Crippen LogP contribution is -2.21. The van der Waals surface area contributed by atoms with Gasteiger partial charge in [0.05, 0.1) is 10.0 Å². The quantitative estimate of drug-likeness (QED) is 0.785. The predicted molar refractivity (Wildman–Crippen MR) is 86.0 cm³/mol. The number of aryl methyl sites for hydroxylation is 1. The van der Waals surface area contributed by atoms with E-state index in [2.05, 4.69) is 18.8 Å². The minimum absolute atomic E-state index is 0.0617. The van der Waals surface area contributed by atoms with Crippen LogP contribution < -0.4 is 0 Å². The van der Waals surface area contributed by atoms with Crippen LogP contribution in [0.1, 0.15) is 37.0 Å². The minimum Gasteiger partial charge on any atom is -0.276 e. The lowest BCUT2D eigenvalue weighted by Gasteiger charge is -2.23. The molecule has 2 aromatic rings. The van der Waals surface area contributed by atoms with Crippen LogP contribution in [0.25, 0.3) is 0 Å². The molecule has 0 spiro atoms. The Morgan fingerprint density at radius 1 is 1.29 bits per heavy atom. The highest BCUT2D eigenvalue weighted by Crippen LogP contribution is 2.29. The Kier molecular flexibility index (Phi) is 5.07. The minimum atomic E-state index is -0.0898. The van der Waals surface area contributed by atoms with Gasteiger partial charge in [0.2, 0.25) is 5.91 Å². The average Bonchev–Trinajstić information content (AvgIpc) is 2.94. The third-order valence-corrected chi connectivity index (χ3v) is 4.24. The highest BCUT2D eigenvalue weighted by molar-refractivity contribution is 6.42. The Morgan fingerprint density at radius 2 is 2.05 bits per heavy atom. The normalized spacial score (nSPS) is 11.6. The number of benzene rings is 1. The average molecular weight is 325 g/mol. The fourth-order valence-electron chi connectivity index (χ4n) is 2.17. The van der Waals surface area contributed by atoms with Crippen LogP contribution in [0, 0.1) is 5.41 Å². The molecule has 0 amide bonds. The van der Waals surface area contributed by atoms with Gasteiger partial charge in [-0.2, -0.15) is 0 Å². The zero-order chi connectivity index (χ0) is 15.5. The smallest absolute Gasteiger partial charge is 0.232 e. The predicted octanol–water partition coefficient (Wildman–Crippen LogP) is 4.88. The summed E-state index contributed by atoms with van der Waals surface area (Å²) in [5.74, 6) is 0.0617. The van der Waals surface area contributed by atoms with E-state index in [9.17, 15) is 4.79 Å². The number of imidazole rings is 1. The Balaban J connectivity index is 1.94. The van der Waals surface area contributed by atoms with Crippen LogP contribution in [0.3, 0.4) is 0 Å². The summed E-state index contributed by atoms with van der Waals surface area (Å²) in [7, 11) is 0. The summed E-state index contributed by atoms with van der Waals surface area (Å²) in [6.07, 6.45) is 7.06. The van der Waals surface area contributed by atoms with Crippen molar-refractivity contribution in [2.24, 2.45) is 5.41 Å². The van der Waals surface area contributed by atoms with E-state index < -0.39 is 0 Å². The summed E-state index contributed by atoms with van der Waals surface area (Å²) in [6.45, 7) is 4.19. The van der Waals surface area contributed by atoms with Crippen LogP contribution in [-0.4, -0.2) is 15.5 Å². The molecular weight excluding hydrogens is 307 g/mol. The van der Waals surface area contributed by atoms with Crippen molar-refractivity contribution in [1.82, 2.24) is 9.55 Å². The summed E-state index contributed by atoms with van der Waals surface area (Å²) in [6, 6.07) is 5.67. The molecule has 0 N–H and O–H groups in total. The second-order valence-corrected chi connectivity index (χ2v) is 6.77. The SMILES string of the molecule is CC(C)(CCc1ccc(Cl)c(Cl)c1)CC(=O)n1ccnc1. The number of hydrogen-bond donors (Lipinski definition) is 0. The van der Waals surface area contributed by atoms with Crippen molar-refractivity contribution in [3.05, 3.63) is 52.5 Å². The maximum Gasteiger partial charge on any atom is 0.232 e. The van der Waals surface area contributed by atoms with Crippen molar-refractivity contribution in [2.45, 2.75) is 33.1 Å². The standard InChI is InChI=1S/C16H18Cl2N2O/c1-16(2,10-15(21)20-8-7-19-11-20)6-5-12-3-4-13(17)14(18)9-12/h3-4,7-9,11H,5-6,10H2,1-2H3. The highest BCUT2D eigenvalue weighted by atomic mass is 35.5. The van der Waals surface area contributed by atoms with Gasteiger partial charge in [0.15, 0.2) is 0 Å². The molecule has 0 aliphatic carbocycles. The summed E-state index contributed by atoms with van der Waals surface area (Å²) < 4.78 is 1.53. The fraction of sp³-hybridized carbons (Fsp3) is 0.375. The summed E-state index contributed by atoms with van der Waals surface area (Å²) >= 11 is 11.9. The van der Waals surface area contributed by atoms with Gasteiger partial charge in [-0.25, -0.2) is 4.98 Å². The summed E-state index contributed by atoms with van der Waals surface area (Å²) in [4.78, 5) is 16.0. The monoisotopic (exact) mass is 324 g/mol. The van der Waals surface area contributed by atoms with Crippen LogP contribution in [0.4, 0.5) is 0 Å². The van der Waals surface area contributed by atoms with Crippen LogP contribution >= 0.6 is 23.2 Å². The van der Waals surface area contributed by atoms with E-state index in [1.807, 2.05) is 18.2 Å². The number of hydrogen-bond acceptors (Lipinski definition) is 2. The Labute approximate surface area is 134 Å². The van der Waals surface area contributed by atoms with Crippen LogP contribution in [0.2, 0.25) is 10.0 Å². The molecule has 0 bridgehead atoms. The molecule has 1 aromatic heterocycles. The molecule has 112 valence electrons. The van der Waals surface area contributed by atoms with Gasteiger partial charge in [-0.05, 0) is 36.0 Å². The van der Waals surface area contributed by atoms with E-state index in [4.69, 9.17) is 23.2 Å². The van der Waals surface area contributed by atoms with Crippen molar-refractivity contribution in [3.63, 3.8) is 0 Å². The highest BCUT2D eigenvalue weighted by Gasteiger charge is 2.22. The van der Waals surface area contributed by atoms with Gasteiger partial charge >= 0.3 is 0 Å². The lowest BCUT2D eigenvalue weighted by atomic mass is 9.83. The molecule has 0 saturated carbocycles. The Hall–Kier alpha value is -1.32. The van der Waals surface area contributed by atoms with Gasteiger partial charge in [-0.15, -0.1) is 0 Å². The number of halogens is 2. The van der Waals surface area contributed by atoms with E-state index in [-0.39, 0.29) is 11.3 Å². The number of nitrogens with zero attached hydrogens (tertiary/aromatic N) is 2. The summed E-state index contributed by atoms with van der Waals surface area (Å²) in [5.41, 5.74) is 1.04. The number of rotatable bonds is 5. The molecule has 0 radical (unpaired) electrons. The number of aromatic nitrogens is 2. The van der Waals surface area contributed by atoms with Gasteiger partial charge < -0.3 is 0 Å². The first kappa shape index (κ1) is 16.1. The molecule has 0 unspecified atom stereocenters. The van der Waals surface area contributed by atoms with Crippen LogP contribution in [-0.2, 0) is 6.42 Å². The lowest BCUT2D eigenvalue weighted by molar-refractivity contribution is 0.0842. The zero-order valence-corrected chi connectivity index (χ0v) is 13.7. The van der Waals surface area contributed by atoms with Crippen molar-refractivity contribution in [3.8, 4) is 0 Å². The van der Waals surface area contributed by atoms with E-state index in [1.54, 1.807) is 12.4 Å². The topological polar surface area (TPSA) is 34.9 Å². The molecule has 0 aliphatic rings. The Morgan fingerprint density at radius 3 is 2.67 bits per heavy atom. The molecule has 3 nitrogen and oxygen atoms in total. The first-order valence-corrected chi connectivity index (χ1v) is 7.58. The maximum atomic E-state index is 12.1. The van der Waals surface area contributed by atoms with E-state index in [1.165, 1.54) is 10.9 Å². The Bertz CT molecular complexity index is 621. The molecule has 0 fully saturated rings. The van der Waals surface area contributed by atoms with Gasteiger partial charge in [-0.3, -0.25) is 9.36 Å². The molecule has 21 heavy (non-hydrogen) atoms. The molecule has 5 heteroatoms. The first-order chi connectivity index (χ1) is 9.87. The molecule has 0 atom stereocenters. The maximum absolute atomic E-state index is 12.1. The van der Waals surface area contributed by atoms with E-state index >= 15 is 0 Å². The van der Waals surface area contributed by atoms with Crippen LogP contribution in [0.15, 0.2) is 36.9 Å². The fourth-order valence-corrected chi connectivity index (χ4v) is 2.49. The van der Waals surface area contributed by atoms with E-state index in [0.717, 1.165) is 18.4 Å². The van der Waals surface area contributed by atoms with Crippen molar-refractivity contribution in [1.29, 1.82) is 0 Å². The molecule has 2 rings (SSSR count). The van der Waals surface area contributed by atoms with Crippen molar-refractivity contribution >= 4 is 29.1 Å². The van der Waals surface area contributed by atoms with E-state index in [0.29, 0.717) is 16.5 Å². The number of carbonyl (C=O) groups is 1. The molecule has 0 aliphatic heterocycles. The number of carbonyl (C=O) groups excluding carboxylic acids is 1. The second-order valence-electron chi connectivity index (χ2n) is 5.95. The van der Waals surface area contributed by atoms with Gasteiger partial charge in [0, 0.05) is 18.8 Å².